The minimum absolute atomic E-state index is 0.0832. The molecule has 1 heterocycles. The Morgan fingerprint density at radius 3 is 2.93 bits per heavy atom. The van der Waals surface area contributed by atoms with Gasteiger partial charge in [0.1, 0.15) is 5.01 Å². The van der Waals surface area contributed by atoms with E-state index in [0.29, 0.717) is 18.1 Å². The topological polar surface area (TPSA) is 39.2 Å². The summed E-state index contributed by atoms with van der Waals surface area (Å²) in [4.78, 5) is 15.7. The first-order valence-electron chi connectivity index (χ1n) is 4.33. The van der Waals surface area contributed by atoms with Gasteiger partial charge in [0.2, 0.25) is 0 Å². The van der Waals surface area contributed by atoms with Gasteiger partial charge in [-0.3, -0.25) is 4.79 Å². The van der Waals surface area contributed by atoms with Gasteiger partial charge in [-0.2, -0.15) is 0 Å². The minimum atomic E-state index is 0.0832. The molecule has 1 aromatic heterocycles. The van der Waals surface area contributed by atoms with Gasteiger partial charge in [-0.25, -0.2) is 4.98 Å². The maximum atomic E-state index is 10.6. The number of carbonyl (C=O) groups excluding carboxylic acids is 1. The highest BCUT2D eigenvalue weighted by Gasteiger charge is 2.14. The van der Waals surface area contributed by atoms with Crippen LogP contribution in [0.4, 0.5) is 0 Å². The predicted molar refractivity (Wildman–Crippen MR) is 60.4 cm³/mol. The van der Waals surface area contributed by atoms with Gasteiger partial charge in [0.15, 0.2) is 6.29 Å². The first-order chi connectivity index (χ1) is 6.69. The molecule has 0 saturated carbocycles. The lowest BCUT2D eigenvalue weighted by molar-refractivity contribution is 0.112. The number of aldehydes is 1. The van der Waals surface area contributed by atoms with Crippen molar-refractivity contribution in [3.05, 3.63) is 15.6 Å². The lowest BCUT2D eigenvalue weighted by atomic mass is 10.4. The molecule has 0 radical (unpaired) electrons. The molecule has 1 rings (SSSR count). The summed E-state index contributed by atoms with van der Waals surface area (Å²) in [7, 11) is 0. The summed E-state index contributed by atoms with van der Waals surface area (Å²) < 4.78 is 5.26. The van der Waals surface area contributed by atoms with E-state index >= 15 is 0 Å². The second-order valence-corrected chi connectivity index (χ2v) is 4.91. The van der Waals surface area contributed by atoms with Crippen LogP contribution in [0.25, 0.3) is 0 Å². The molecule has 0 fully saturated rings. The fourth-order valence-corrected chi connectivity index (χ4v) is 2.38. The lowest BCUT2D eigenvalue weighted by Gasteiger charge is -2.05. The molecule has 78 valence electrons. The zero-order chi connectivity index (χ0) is 10.6. The van der Waals surface area contributed by atoms with Crippen molar-refractivity contribution in [3.8, 4) is 0 Å². The molecule has 14 heavy (non-hydrogen) atoms. The highest BCUT2D eigenvalue weighted by molar-refractivity contribution is 9.09. The summed E-state index contributed by atoms with van der Waals surface area (Å²) in [6.07, 6.45) is 0.844. The number of alkyl halides is 1. The number of ether oxygens (including phenoxy) is 1. The van der Waals surface area contributed by atoms with Crippen LogP contribution in [-0.2, 0) is 4.74 Å². The van der Waals surface area contributed by atoms with Crippen molar-refractivity contribution in [1.29, 1.82) is 0 Å². The zero-order valence-electron chi connectivity index (χ0n) is 8.12. The van der Waals surface area contributed by atoms with Crippen LogP contribution < -0.4 is 0 Å². The molecule has 0 bridgehead atoms. The molecule has 0 aliphatic carbocycles. The van der Waals surface area contributed by atoms with Crippen molar-refractivity contribution in [3.63, 3.8) is 0 Å². The Morgan fingerprint density at radius 2 is 2.43 bits per heavy atom. The van der Waals surface area contributed by atoms with Crippen LogP contribution in [0.1, 0.15) is 32.1 Å². The third-order valence-electron chi connectivity index (χ3n) is 1.69. The third-order valence-corrected chi connectivity index (χ3v) is 3.89. The van der Waals surface area contributed by atoms with E-state index in [1.807, 2.05) is 13.8 Å². The van der Waals surface area contributed by atoms with Crippen LogP contribution in [0.15, 0.2) is 0 Å². The number of nitrogens with zero attached hydrogens (tertiary/aromatic N) is 1. The normalized spacial score (nSPS) is 12.8. The van der Waals surface area contributed by atoms with Gasteiger partial charge >= 0.3 is 0 Å². The zero-order valence-corrected chi connectivity index (χ0v) is 10.5. The van der Waals surface area contributed by atoms with E-state index in [2.05, 4.69) is 20.9 Å². The monoisotopic (exact) mass is 277 g/mol. The molecule has 1 aromatic rings. The first-order valence-corrected chi connectivity index (χ1v) is 6.06. The minimum Gasteiger partial charge on any atom is -0.380 e. The highest BCUT2D eigenvalue weighted by Crippen LogP contribution is 2.28. The summed E-state index contributed by atoms with van der Waals surface area (Å²) in [5.74, 6) is 0. The Morgan fingerprint density at radius 1 is 1.71 bits per heavy atom. The van der Waals surface area contributed by atoms with Crippen LogP contribution in [-0.4, -0.2) is 24.5 Å². The van der Waals surface area contributed by atoms with Crippen molar-refractivity contribution in [2.75, 3.05) is 13.2 Å². The van der Waals surface area contributed by atoms with Gasteiger partial charge in [-0.05, 0) is 13.8 Å². The molecule has 0 amide bonds. The number of hydrogen-bond donors (Lipinski definition) is 0. The largest absolute Gasteiger partial charge is 0.380 e. The summed E-state index contributed by atoms with van der Waals surface area (Å²) in [6, 6.07) is 0. The first kappa shape index (κ1) is 11.8. The van der Waals surface area contributed by atoms with Crippen molar-refractivity contribution >= 4 is 33.6 Å². The summed E-state index contributed by atoms with van der Waals surface area (Å²) >= 11 is 4.88. The number of carbonyl (C=O) groups is 1. The van der Waals surface area contributed by atoms with Gasteiger partial charge in [-0.1, -0.05) is 15.9 Å². The van der Waals surface area contributed by atoms with Crippen LogP contribution >= 0.6 is 27.3 Å². The number of halogens is 1. The standard InChI is InChI=1S/C9H12BrNO2S/c1-3-13-5-7(10)9-11-6(2)8(4-12)14-9/h4,7H,3,5H2,1-2H3. The second-order valence-electron chi connectivity index (χ2n) is 2.75. The predicted octanol–water partition coefficient (Wildman–Crippen LogP) is 2.74. The Hall–Kier alpha value is -0.260. The SMILES string of the molecule is CCOCC(Br)c1nc(C)c(C=O)s1. The van der Waals surface area contributed by atoms with Gasteiger partial charge in [0.05, 0.1) is 22.0 Å². The summed E-state index contributed by atoms with van der Waals surface area (Å²) in [5.41, 5.74) is 0.793. The molecule has 1 atom stereocenters. The van der Waals surface area contributed by atoms with Gasteiger partial charge in [0.25, 0.3) is 0 Å². The molecular weight excluding hydrogens is 266 g/mol. The molecule has 0 saturated heterocycles. The Balaban J connectivity index is 2.70. The summed E-state index contributed by atoms with van der Waals surface area (Å²) in [5, 5.41) is 0.901. The quantitative estimate of drug-likeness (QED) is 0.614. The summed E-state index contributed by atoms with van der Waals surface area (Å²) in [6.45, 7) is 5.06. The van der Waals surface area contributed by atoms with E-state index in [0.717, 1.165) is 17.0 Å². The van der Waals surface area contributed by atoms with Gasteiger partial charge in [0, 0.05) is 6.61 Å². The number of rotatable bonds is 5. The fourth-order valence-electron chi connectivity index (χ4n) is 0.966. The third kappa shape index (κ3) is 2.87. The van der Waals surface area contributed by atoms with E-state index < -0.39 is 0 Å². The van der Waals surface area contributed by atoms with E-state index in [1.54, 1.807) is 0 Å². The van der Waals surface area contributed by atoms with E-state index in [-0.39, 0.29) is 4.83 Å². The van der Waals surface area contributed by atoms with E-state index in [9.17, 15) is 4.79 Å². The molecule has 0 spiro atoms. The second kappa shape index (κ2) is 5.58. The van der Waals surface area contributed by atoms with Crippen LogP contribution in [0.2, 0.25) is 0 Å². The molecule has 0 aromatic carbocycles. The number of thiazole rings is 1. The number of aryl methyl sites for hydroxylation is 1. The Bertz CT molecular complexity index is 314. The molecule has 3 nitrogen and oxygen atoms in total. The Labute approximate surface area is 95.6 Å². The number of aromatic nitrogens is 1. The number of hydrogen-bond acceptors (Lipinski definition) is 4. The van der Waals surface area contributed by atoms with E-state index in [4.69, 9.17) is 4.74 Å². The Kier molecular flexibility index (Phi) is 4.71. The van der Waals surface area contributed by atoms with Crippen molar-refractivity contribution in [2.24, 2.45) is 0 Å². The van der Waals surface area contributed by atoms with E-state index in [1.165, 1.54) is 11.3 Å². The molecule has 0 aliphatic heterocycles. The van der Waals surface area contributed by atoms with Crippen LogP contribution in [0, 0.1) is 6.92 Å². The van der Waals surface area contributed by atoms with Crippen LogP contribution in [0.3, 0.4) is 0 Å². The molecular formula is C9H12BrNO2S. The maximum absolute atomic E-state index is 10.6. The maximum Gasteiger partial charge on any atom is 0.161 e. The molecule has 0 N–H and O–H groups in total. The van der Waals surface area contributed by atoms with Gasteiger partial charge < -0.3 is 4.74 Å². The van der Waals surface area contributed by atoms with Crippen molar-refractivity contribution < 1.29 is 9.53 Å². The highest BCUT2D eigenvalue weighted by atomic mass is 79.9. The van der Waals surface area contributed by atoms with Crippen LogP contribution in [0.5, 0.6) is 0 Å². The van der Waals surface area contributed by atoms with Crippen molar-refractivity contribution in [1.82, 2.24) is 4.98 Å². The average molecular weight is 278 g/mol. The van der Waals surface area contributed by atoms with Crippen molar-refractivity contribution in [2.45, 2.75) is 18.7 Å². The smallest absolute Gasteiger partial charge is 0.161 e. The molecule has 0 aliphatic rings. The fraction of sp³-hybridized carbons (Fsp3) is 0.556. The molecule has 5 heteroatoms. The lowest BCUT2D eigenvalue weighted by Crippen LogP contribution is -2.00. The van der Waals surface area contributed by atoms with Gasteiger partial charge in [-0.15, -0.1) is 11.3 Å². The molecule has 1 unspecified atom stereocenters. The average Bonchev–Trinajstić information content (AvgIpc) is 2.56.